The first-order valence-electron chi connectivity index (χ1n) is 9.68. The third-order valence-corrected chi connectivity index (χ3v) is 4.25. The van der Waals surface area contributed by atoms with E-state index >= 15 is 0 Å². The zero-order valence-corrected chi connectivity index (χ0v) is 17.0. The summed E-state index contributed by atoms with van der Waals surface area (Å²) in [6.07, 6.45) is 1.85. The molecule has 0 saturated carbocycles. The number of benzene rings is 4. The third-order valence-electron chi connectivity index (χ3n) is 4.25. The highest BCUT2D eigenvalue weighted by Crippen LogP contribution is 2.28. The highest BCUT2D eigenvalue weighted by Gasteiger charge is 2.10. The smallest absolute Gasteiger partial charge is 0.115 e. The second-order valence-corrected chi connectivity index (χ2v) is 6.57. The van der Waals surface area contributed by atoms with E-state index in [0.29, 0.717) is 11.5 Å². The fourth-order valence-corrected chi connectivity index (χ4v) is 2.68. The maximum Gasteiger partial charge on any atom is 0.115 e. The molecule has 0 aromatic heterocycles. The summed E-state index contributed by atoms with van der Waals surface area (Å²) in [4.78, 5) is 0. The van der Waals surface area contributed by atoms with Crippen LogP contribution in [0.2, 0.25) is 0 Å². The fourth-order valence-electron chi connectivity index (χ4n) is 2.68. The molecular weight excluding hydrogens is 388 g/mol. The Morgan fingerprint density at radius 3 is 0.968 bits per heavy atom. The summed E-state index contributed by atoms with van der Waals surface area (Å²) in [5, 5.41) is 35.8. The maximum absolute atomic E-state index is 9.26. The van der Waals surface area contributed by atoms with Crippen LogP contribution >= 0.6 is 0 Å². The molecule has 0 atom stereocenters. The van der Waals surface area contributed by atoms with Crippen molar-refractivity contribution in [1.29, 1.82) is 0 Å². The predicted molar refractivity (Wildman–Crippen MR) is 124 cm³/mol. The first-order chi connectivity index (χ1) is 15.0. The summed E-state index contributed by atoms with van der Waals surface area (Å²) in [6, 6.07) is 31.5. The van der Waals surface area contributed by atoms with Gasteiger partial charge in [0.1, 0.15) is 23.0 Å². The van der Waals surface area contributed by atoms with Gasteiger partial charge in [-0.1, -0.05) is 66.7 Å². The van der Waals surface area contributed by atoms with Crippen molar-refractivity contribution in [1.82, 2.24) is 0 Å². The van der Waals surface area contributed by atoms with Crippen LogP contribution in [0.25, 0.3) is 0 Å². The molecule has 0 heterocycles. The molecule has 0 saturated heterocycles. The Morgan fingerprint density at radius 1 is 0.452 bits per heavy atom. The molecule has 4 nitrogen and oxygen atoms in total. The molecule has 4 aromatic rings. The molecule has 0 aliphatic rings. The average Bonchev–Trinajstić information content (AvgIpc) is 2.79. The number of allylic oxidation sites excluding steroid dienone is 1. The molecule has 4 aromatic carbocycles. The molecule has 0 fully saturated rings. The topological polar surface area (TPSA) is 80.9 Å². The summed E-state index contributed by atoms with van der Waals surface area (Å²) < 4.78 is 0. The van der Waals surface area contributed by atoms with Gasteiger partial charge in [0.15, 0.2) is 0 Å². The minimum absolute atomic E-state index is 0.0659. The second-order valence-electron chi connectivity index (χ2n) is 6.57. The molecule has 0 spiro atoms. The Morgan fingerprint density at radius 2 is 0.742 bits per heavy atom. The lowest BCUT2D eigenvalue weighted by molar-refractivity contribution is 0.474. The van der Waals surface area contributed by atoms with Crippen LogP contribution in [-0.2, 0) is 0 Å². The second kappa shape index (κ2) is 12.4. The number of aromatic hydroxyl groups is 4. The van der Waals surface area contributed by atoms with Gasteiger partial charge < -0.3 is 20.4 Å². The van der Waals surface area contributed by atoms with Gasteiger partial charge in [-0.25, -0.2) is 0 Å². The molecule has 0 amide bonds. The van der Waals surface area contributed by atoms with Gasteiger partial charge in [-0.15, -0.1) is 6.58 Å². The maximum atomic E-state index is 9.26. The van der Waals surface area contributed by atoms with Crippen LogP contribution in [-0.4, -0.2) is 20.4 Å². The van der Waals surface area contributed by atoms with Crippen LogP contribution in [0.5, 0.6) is 23.0 Å². The van der Waals surface area contributed by atoms with Crippen LogP contribution in [0.15, 0.2) is 122 Å². The van der Waals surface area contributed by atoms with Gasteiger partial charge in [-0.05, 0) is 59.7 Å². The third kappa shape index (κ3) is 8.38. The predicted octanol–water partition coefficient (Wildman–Crippen LogP) is 6.20. The summed E-state index contributed by atoms with van der Waals surface area (Å²) in [5.41, 5.74) is 2.12. The van der Waals surface area contributed by atoms with Gasteiger partial charge in [0.05, 0.1) is 0 Å². The number of phenolic OH excluding ortho intramolecular Hbond substituents is 4. The molecule has 4 N–H and O–H groups in total. The Bertz CT molecular complexity index is 929. The zero-order valence-electron chi connectivity index (χ0n) is 17.0. The van der Waals surface area contributed by atoms with E-state index in [0.717, 1.165) is 11.1 Å². The Labute approximate surface area is 182 Å². The van der Waals surface area contributed by atoms with Crippen LogP contribution in [0.1, 0.15) is 17.0 Å². The van der Waals surface area contributed by atoms with Crippen LogP contribution in [0, 0.1) is 0 Å². The van der Waals surface area contributed by atoms with Crippen molar-refractivity contribution < 1.29 is 20.4 Å². The monoisotopic (exact) mass is 414 g/mol. The zero-order chi connectivity index (χ0) is 22.5. The van der Waals surface area contributed by atoms with Crippen LogP contribution in [0.3, 0.4) is 0 Å². The van der Waals surface area contributed by atoms with E-state index in [1.54, 1.807) is 72.8 Å². The summed E-state index contributed by atoms with van der Waals surface area (Å²) in [6.45, 7) is 3.83. The van der Waals surface area contributed by atoms with Crippen molar-refractivity contribution in [2.45, 2.75) is 5.92 Å². The minimum atomic E-state index is 0.0659. The quantitative estimate of drug-likeness (QED) is 0.301. The molecule has 0 radical (unpaired) electrons. The average molecular weight is 415 g/mol. The normalized spacial score (nSPS) is 9.58. The van der Waals surface area contributed by atoms with Crippen molar-refractivity contribution in [3.63, 3.8) is 0 Å². The van der Waals surface area contributed by atoms with E-state index in [9.17, 15) is 10.2 Å². The van der Waals surface area contributed by atoms with Gasteiger partial charge in [0, 0.05) is 5.92 Å². The first-order valence-corrected chi connectivity index (χ1v) is 9.68. The first kappa shape index (κ1) is 23.1. The highest BCUT2D eigenvalue weighted by atomic mass is 16.3. The molecule has 0 bridgehead atoms. The summed E-state index contributed by atoms with van der Waals surface area (Å²) in [5.74, 6) is 1.21. The van der Waals surface area contributed by atoms with Gasteiger partial charge in [0.2, 0.25) is 0 Å². The standard InChI is InChI=1S/C15H14O2.2C6H6O/c1-2-15(11-3-7-13(16)8-4-11)12-5-9-14(17)10-6-12;2*7-6-4-2-1-3-5-6/h2-10,15-17H,1H2;2*1-5,7H. The van der Waals surface area contributed by atoms with Gasteiger partial charge in [0.25, 0.3) is 0 Å². The SMILES string of the molecule is C=CC(c1ccc(O)cc1)c1ccc(O)cc1.Oc1ccccc1.Oc1ccccc1. The Kier molecular flexibility index (Phi) is 9.24. The fraction of sp³-hybridized carbons (Fsp3) is 0.0370. The highest BCUT2D eigenvalue weighted by molar-refractivity contribution is 5.40. The lowest BCUT2D eigenvalue weighted by Gasteiger charge is -2.13. The molecule has 0 aliphatic carbocycles. The number of rotatable bonds is 3. The lowest BCUT2D eigenvalue weighted by atomic mass is 9.91. The molecule has 4 heteroatoms. The molecule has 0 unspecified atom stereocenters. The molecule has 158 valence electrons. The Hall–Kier alpha value is -4.18. The van der Waals surface area contributed by atoms with Gasteiger partial charge in [-0.3, -0.25) is 0 Å². The number of hydrogen-bond donors (Lipinski definition) is 4. The molecule has 4 rings (SSSR count). The van der Waals surface area contributed by atoms with E-state index < -0.39 is 0 Å². The lowest BCUT2D eigenvalue weighted by Crippen LogP contribution is -1.96. The van der Waals surface area contributed by atoms with Crippen LogP contribution in [0.4, 0.5) is 0 Å². The van der Waals surface area contributed by atoms with E-state index in [4.69, 9.17) is 10.2 Å². The molecular formula is C27H26O4. The number of hydrogen-bond acceptors (Lipinski definition) is 4. The van der Waals surface area contributed by atoms with Crippen molar-refractivity contribution in [3.8, 4) is 23.0 Å². The van der Waals surface area contributed by atoms with Gasteiger partial charge >= 0.3 is 0 Å². The van der Waals surface area contributed by atoms with Gasteiger partial charge in [-0.2, -0.15) is 0 Å². The summed E-state index contributed by atoms with van der Waals surface area (Å²) in [7, 11) is 0. The Balaban J connectivity index is 0.000000199. The summed E-state index contributed by atoms with van der Waals surface area (Å²) >= 11 is 0. The van der Waals surface area contributed by atoms with Crippen molar-refractivity contribution in [3.05, 3.63) is 133 Å². The minimum Gasteiger partial charge on any atom is -0.508 e. The largest absolute Gasteiger partial charge is 0.508 e. The van der Waals surface area contributed by atoms with E-state index in [1.807, 2.05) is 42.5 Å². The van der Waals surface area contributed by atoms with Crippen LogP contribution < -0.4 is 0 Å². The number of para-hydroxylation sites is 2. The van der Waals surface area contributed by atoms with E-state index in [2.05, 4.69) is 6.58 Å². The molecule has 31 heavy (non-hydrogen) atoms. The van der Waals surface area contributed by atoms with E-state index in [1.165, 1.54) is 0 Å². The van der Waals surface area contributed by atoms with Crippen molar-refractivity contribution in [2.24, 2.45) is 0 Å². The molecule has 0 aliphatic heterocycles. The van der Waals surface area contributed by atoms with Crippen molar-refractivity contribution >= 4 is 0 Å². The van der Waals surface area contributed by atoms with E-state index in [-0.39, 0.29) is 17.4 Å². The van der Waals surface area contributed by atoms with Crippen molar-refractivity contribution in [2.75, 3.05) is 0 Å². The number of phenols is 4.